The fraction of sp³-hybridized carbons (Fsp3) is 0.953. The highest BCUT2D eigenvalue weighted by Crippen LogP contribution is 2.19. The van der Waals surface area contributed by atoms with Crippen LogP contribution in [-0.4, -0.2) is 37.2 Å². The first-order valence-electron chi connectivity index (χ1n) is 31.6. The Morgan fingerprint density at radius 1 is 0.286 bits per heavy atom. The fourth-order valence-corrected chi connectivity index (χ4v) is 9.85. The molecule has 0 aromatic carbocycles. The second-order valence-electron chi connectivity index (χ2n) is 23.2. The zero-order valence-corrected chi connectivity index (χ0v) is 48.3. The number of carbonyl (C=O) groups is 3. The van der Waals surface area contributed by atoms with Gasteiger partial charge in [0.1, 0.15) is 13.2 Å². The monoisotopic (exact) mass is 989 g/mol. The first-order chi connectivity index (χ1) is 34.1. The van der Waals surface area contributed by atoms with Gasteiger partial charge in [-0.1, -0.05) is 318 Å². The Morgan fingerprint density at radius 2 is 0.500 bits per heavy atom. The van der Waals surface area contributed by atoms with Crippen molar-refractivity contribution in [2.24, 2.45) is 17.8 Å². The zero-order valence-electron chi connectivity index (χ0n) is 48.3. The van der Waals surface area contributed by atoms with E-state index in [-0.39, 0.29) is 31.1 Å². The summed E-state index contributed by atoms with van der Waals surface area (Å²) in [4.78, 5) is 38.2. The minimum absolute atomic E-state index is 0.0630. The second-order valence-corrected chi connectivity index (χ2v) is 23.2. The Hall–Kier alpha value is -1.59. The number of carbonyl (C=O) groups excluding carboxylic acids is 3. The summed E-state index contributed by atoms with van der Waals surface area (Å²) in [5.74, 6) is 1.73. The number of hydrogen-bond donors (Lipinski definition) is 0. The average Bonchev–Trinajstić information content (AvgIpc) is 3.33. The molecule has 0 amide bonds. The van der Waals surface area contributed by atoms with Gasteiger partial charge in [-0.05, 0) is 37.0 Å². The van der Waals surface area contributed by atoms with Gasteiger partial charge in [0.05, 0.1) is 0 Å². The molecule has 1 unspecified atom stereocenters. The van der Waals surface area contributed by atoms with Crippen LogP contribution >= 0.6 is 0 Å². The summed E-state index contributed by atoms with van der Waals surface area (Å²) in [7, 11) is 0. The predicted octanol–water partition coefficient (Wildman–Crippen LogP) is 21.1. The molecule has 6 nitrogen and oxygen atoms in total. The van der Waals surface area contributed by atoms with Crippen molar-refractivity contribution in [3.63, 3.8) is 0 Å². The van der Waals surface area contributed by atoms with Crippen LogP contribution in [0.4, 0.5) is 0 Å². The molecule has 0 aromatic rings. The molecule has 0 heterocycles. The highest BCUT2D eigenvalue weighted by atomic mass is 16.6. The van der Waals surface area contributed by atoms with Crippen molar-refractivity contribution in [2.45, 2.75) is 362 Å². The van der Waals surface area contributed by atoms with Gasteiger partial charge < -0.3 is 14.2 Å². The van der Waals surface area contributed by atoms with E-state index < -0.39 is 6.10 Å². The lowest BCUT2D eigenvalue weighted by atomic mass is 9.99. The summed E-state index contributed by atoms with van der Waals surface area (Å²) >= 11 is 0. The number of ether oxygens (including phenoxy) is 3. The molecule has 70 heavy (non-hydrogen) atoms. The first-order valence-corrected chi connectivity index (χ1v) is 31.6. The van der Waals surface area contributed by atoms with Crippen LogP contribution in [0.3, 0.4) is 0 Å². The van der Waals surface area contributed by atoms with Gasteiger partial charge in [0.25, 0.3) is 0 Å². The summed E-state index contributed by atoms with van der Waals surface area (Å²) in [6.07, 6.45) is 59.6. The van der Waals surface area contributed by atoms with Crippen molar-refractivity contribution in [3.05, 3.63) is 0 Å². The van der Waals surface area contributed by atoms with Crippen LogP contribution in [0.2, 0.25) is 0 Å². The highest BCUT2D eigenvalue weighted by Gasteiger charge is 2.19. The van der Waals surface area contributed by atoms with E-state index in [9.17, 15) is 14.4 Å². The molecule has 2 atom stereocenters. The van der Waals surface area contributed by atoms with Crippen molar-refractivity contribution in [1.82, 2.24) is 0 Å². The molecule has 416 valence electrons. The standard InChI is InChI=1S/C64H124O6/c1-7-60(6)52-46-40-34-28-22-18-14-10-8-9-11-15-19-23-29-35-41-47-53-62(65)68-56-61(57-69-63(66)54-48-42-36-31-25-27-33-39-45-51-59(4)5)70-64(67)55-49-43-37-30-24-20-16-12-13-17-21-26-32-38-44-50-58(2)3/h58-61H,7-57H2,1-6H3/t60?,61-/m0/s1. The van der Waals surface area contributed by atoms with Crippen LogP contribution in [0.5, 0.6) is 0 Å². The van der Waals surface area contributed by atoms with Crippen LogP contribution in [0.15, 0.2) is 0 Å². The maximum atomic E-state index is 12.9. The van der Waals surface area contributed by atoms with E-state index in [0.29, 0.717) is 19.3 Å². The van der Waals surface area contributed by atoms with E-state index in [2.05, 4.69) is 41.5 Å². The Kier molecular flexibility index (Phi) is 53.9. The van der Waals surface area contributed by atoms with Gasteiger partial charge in [-0.25, -0.2) is 0 Å². The van der Waals surface area contributed by atoms with Crippen molar-refractivity contribution < 1.29 is 28.6 Å². The van der Waals surface area contributed by atoms with E-state index in [1.54, 1.807) is 0 Å². The van der Waals surface area contributed by atoms with Crippen molar-refractivity contribution in [2.75, 3.05) is 13.2 Å². The Morgan fingerprint density at radius 3 is 0.743 bits per heavy atom. The van der Waals surface area contributed by atoms with E-state index in [1.165, 1.54) is 238 Å². The smallest absolute Gasteiger partial charge is 0.306 e. The molecule has 0 aliphatic heterocycles. The minimum Gasteiger partial charge on any atom is -0.462 e. The van der Waals surface area contributed by atoms with Crippen molar-refractivity contribution in [3.8, 4) is 0 Å². The normalized spacial score (nSPS) is 12.5. The number of unbranched alkanes of at least 4 members (excludes halogenated alkanes) is 39. The lowest BCUT2D eigenvalue weighted by Gasteiger charge is -2.18. The van der Waals surface area contributed by atoms with E-state index in [1.807, 2.05) is 0 Å². The highest BCUT2D eigenvalue weighted by molar-refractivity contribution is 5.71. The zero-order chi connectivity index (χ0) is 51.2. The average molecular weight is 990 g/mol. The summed E-state index contributed by atoms with van der Waals surface area (Å²) < 4.78 is 16.9. The fourth-order valence-electron chi connectivity index (χ4n) is 9.85. The lowest BCUT2D eigenvalue weighted by Crippen LogP contribution is -2.30. The van der Waals surface area contributed by atoms with Gasteiger partial charge in [-0.3, -0.25) is 14.4 Å². The first kappa shape index (κ1) is 68.4. The SMILES string of the molecule is CCC(C)CCCCCCCCCCCCCCCCCCCCC(=O)OC[C@@H](COC(=O)CCCCCCCCCCCC(C)C)OC(=O)CCCCCCCCCCCCCCCCCC(C)C. The van der Waals surface area contributed by atoms with Gasteiger partial charge in [-0.2, -0.15) is 0 Å². The molecule has 0 saturated carbocycles. The van der Waals surface area contributed by atoms with Crippen LogP contribution in [0, 0.1) is 17.8 Å². The molecule has 0 radical (unpaired) electrons. The topological polar surface area (TPSA) is 78.9 Å². The molecule has 6 heteroatoms. The van der Waals surface area contributed by atoms with Crippen molar-refractivity contribution in [1.29, 1.82) is 0 Å². The molecule has 0 aromatic heterocycles. The van der Waals surface area contributed by atoms with Gasteiger partial charge in [0, 0.05) is 19.3 Å². The summed E-state index contributed by atoms with van der Waals surface area (Å²) in [5, 5.41) is 0. The molecule has 0 N–H and O–H groups in total. The quantitative estimate of drug-likeness (QED) is 0.0343. The molecule has 0 saturated heterocycles. The predicted molar refractivity (Wildman–Crippen MR) is 303 cm³/mol. The number of hydrogen-bond acceptors (Lipinski definition) is 6. The van der Waals surface area contributed by atoms with Crippen molar-refractivity contribution >= 4 is 17.9 Å². The lowest BCUT2D eigenvalue weighted by molar-refractivity contribution is -0.167. The third-order valence-corrected chi connectivity index (χ3v) is 15.0. The van der Waals surface area contributed by atoms with Crippen LogP contribution in [0.1, 0.15) is 356 Å². The minimum atomic E-state index is -0.764. The molecule has 0 rings (SSSR count). The van der Waals surface area contributed by atoms with E-state index in [4.69, 9.17) is 14.2 Å². The third-order valence-electron chi connectivity index (χ3n) is 15.0. The largest absolute Gasteiger partial charge is 0.462 e. The molecular formula is C64H124O6. The summed E-state index contributed by atoms with van der Waals surface area (Å²) in [6, 6.07) is 0. The maximum Gasteiger partial charge on any atom is 0.306 e. The van der Waals surface area contributed by atoms with Gasteiger partial charge in [0.15, 0.2) is 6.10 Å². The van der Waals surface area contributed by atoms with E-state index >= 15 is 0 Å². The summed E-state index contributed by atoms with van der Waals surface area (Å²) in [6.45, 7) is 13.8. The molecule has 0 spiro atoms. The maximum absolute atomic E-state index is 12.9. The van der Waals surface area contributed by atoms with E-state index in [0.717, 1.165) is 75.5 Å². The van der Waals surface area contributed by atoms with Crippen LogP contribution in [0.25, 0.3) is 0 Å². The number of esters is 3. The van der Waals surface area contributed by atoms with Gasteiger partial charge in [-0.15, -0.1) is 0 Å². The van der Waals surface area contributed by atoms with Gasteiger partial charge in [0.2, 0.25) is 0 Å². The summed E-state index contributed by atoms with van der Waals surface area (Å²) in [5.41, 5.74) is 0. The molecular weight excluding hydrogens is 865 g/mol. The molecule has 0 aliphatic rings. The Bertz CT molecular complexity index is 1090. The van der Waals surface area contributed by atoms with Crippen LogP contribution < -0.4 is 0 Å². The Balaban J connectivity index is 4.23. The Labute approximate surface area is 438 Å². The molecule has 0 bridgehead atoms. The molecule has 0 aliphatic carbocycles. The molecule has 0 fully saturated rings. The number of rotatable bonds is 57. The van der Waals surface area contributed by atoms with Crippen LogP contribution in [-0.2, 0) is 28.6 Å². The second kappa shape index (κ2) is 55.2. The third kappa shape index (κ3) is 55.7. The van der Waals surface area contributed by atoms with Gasteiger partial charge >= 0.3 is 17.9 Å².